The van der Waals surface area contributed by atoms with E-state index in [0.717, 1.165) is 10.5 Å². The van der Waals surface area contributed by atoms with Crippen LogP contribution in [0.5, 0.6) is 0 Å². The third kappa shape index (κ3) is 8.80. The largest absolute Gasteiger partial charge is 0.479 e. The van der Waals surface area contributed by atoms with Crippen molar-refractivity contribution < 1.29 is 33.4 Å². The Hall–Kier alpha value is -3.42. The molecule has 7 nitrogen and oxygen atoms in total. The minimum absolute atomic E-state index is 0.104. The molecule has 2 atom stereocenters. The number of benzene rings is 2. The molecule has 0 fully saturated rings. The Balaban J connectivity index is 2.66. The van der Waals surface area contributed by atoms with Gasteiger partial charge in [-0.2, -0.15) is 0 Å². The fourth-order valence-corrected chi connectivity index (χ4v) is 4.63. The second-order valence-electron chi connectivity index (χ2n) is 13.0. The molecule has 0 saturated heterocycles. The van der Waals surface area contributed by atoms with E-state index >= 15 is 4.39 Å². The molecular formula is C32H44FNO6. The third-order valence-corrected chi connectivity index (χ3v) is 6.67. The number of aliphatic carboxylic acids is 1. The molecule has 1 N–H and O–H groups in total. The third-order valence-electron chi connectivity index (χ3n) is 6.67. The fourth-order valence-electron chi connectivity index (χ4n) is 4.63. The van der Waals surface area contributed by atoms with Gasteiger partial charge < -0.3 is 14.6 Å². The molecule has 0 aromatic heterocycles. The Kier molecular flexibility index (Phi) is 10.2. The van der Waals surface area contributed by atoms with Crippen molar-refractivity contribution in [2.24, 2.45) is 5.92 Å². The van der Waals surface area contributed by atoms with Gasteiger partial charge in [0.25, 0.3) is 0 Å². The Morgan fingerprint density at radius 1 is 0.875 bits per heavy atom. The van der Waals surface area contributed by atoms with Crippen molar-refractivity contribution in [2.45, 2.75) is 97.1 Å². The summed E-state index contributed by atoms with van der Waals surface area (Å²) >= 11 is 0. The average molecular weight is 558 g/mol. The quantitative estimate of drug-likeness (QED) is 0.326. The zero-order chi connectivity index (χ0) is 30.5. The number of carboxylic acid groups (broad SMARTS) is 1. The van der Waals surface area contributed by atoms with Crippen molar-refractivity contribution in [3.05, 3.63) is 71.3 Å². The normalized spacial score (nSPS) is 14.6. The van der Waals surface area contributed by atoms with Gasteiger partial charge in [0.1, 0.15) is 17.9 Å². The summed E-state index contributed by atoms with van der Waals surface area (Å²) in [4.78, 5) is 41.1. The lowest BCUT2D eigenvalue weighted by atomic mass is 9.72. The van der Waals surface area contributed by atoms with Crippen molar-refractivity contribution in [3.8, 4) is 0 Å². The number of halogens is 1. The maximum Gasteiger partial charge on any atom is 0.411 e. The van der Waals surface area contributed by atoms with Crippen LogP contribution in [0.3, 0.4) is 0 Å². The highest BCUT2D eigenvalue weighted by Gasteiger charge is 2.58. The molecule has 0 aliphatic carbocycles. The molecule has 1 amide bonds. The highest BCUT2D eigenvalue weighted by atomic mass is 19.1. The van der Waals surface area contributed by atoms with Crippen LogP contribution in [0.1, 0.15) is 78.5 Å². The molecule has 0 bridgehead atoms. The van der Waals surface area contributed by atoms with Gasteiger partial charge in [0.05, 0.1) is 5.92 Å². The van der Waals surface area contributed by atoms with Crippen molar-refractivity contribution in [3.63, 3.8) is 0 Å². The number of alkyl halides is 1. The number of likely N-dealkylation sites (N-methyl/N-ethyl adjacent to an activating group) is 1. The smallest absolute Gasteiger partial charge is 0.411 e. The maximum absolute atomic E-state index is 15.4. The van der Waals surface area contributed by atoms with Crippen LogP contribution in [-0.2, 0) is 37.5 Å². The van der Waals surface area contributed by atoms with E-state index in [1.807, 2.05) is 30.3 Å². The Bertz CT molecular complexity index is 1160. The summed E-state index contributed by atoms with van der Waals surface area (Å²) in [6.45, 7) is 13.5. The maximum atomic E-state index is 15.4. The van der Waals surface area contributed by atoms with Crippen LogP contribution in [0.2, 0.25) is 0 Å². The van der Waals surface area contributed by atoms with Gasteiger partial charge in [-0.3, -0.25) is 9.69 Å². The summed E-state index contributed by atoms with van der Waals surface area (Å²) in [6.07, 6.45) is -1.76. The van der Waals surface area contributed by atoms with Crippen LogP contribution >= 0.6 is 0 Å². The van der Waals surface area contributed by atoms with E-state index in [9.17, 15) is 19.5 Å². The summed E-state index contributed by atoms with van der Waals surface area (Å²) in [5, 5.41) is 10.7. The van der Waals surface area contributed by atoms with Crippen LogP contribution < -0.4 is 0 Å². The van der Waals surface area contributed by atoms with E-state index in [1.54, 1.807) is 45.0 Å². The van der Waals surface area contributed by atoms with E-state index in [4.69, 9.17) is 9.47 Å². The van der Waals surface area contributed by atoms with Gasteiger partial charge in [-0.25, -0.2) is 14.0 Å². The molecule has 0 aliphatic heterocycles. The molecule has 0 aliphatic rings. The van der Waals surface area contributed by atoms with Crippen LogP contribution in [0.15, 0.2) is 54.6 Å². The van der Waals surface area contributed by atoms with Gasteiger partial charge in [-0.15, -0.1) is 0 Å². The van der Waals surface area contributed by atoms with Crippen molar-refractivity contribution in [1.29, 1.82) is 0 Å². The lowest BCUT2D eigenvalue weighted by Gasteiger charge is -2.44. The summed E-state index contributed by atoms with van der Waals surface area (Å²) < 4.78 is 26.5. The molecule has 40 heavy (non-hydrogen) atoms. The number of ether oxygens (including phenoxy) is 2. The van der Waals surface area contributed by atoms with Crippen LogP contribution in [0.4, 0.5) is 9.18 Å². The second-order valence-corrected chi connectivity index (χ2v) is 13.0. The van der Waals surface area contributed by atoms with Crippen molar-refractivity contribution in [2.75, 3.05) is 7.05 Å². The second kappa shape index (κ2) is 12.4. The first-order valence-corrected chi connectivity index (χ1v) is 13.5. The minimum atomic E-state index is -2.32. The average Bonchev–Trinajstić information content (AvgIpc) is 2.82. The Morgan fingerprint density at radius 3 is 1.88 bits per heavy atom. The van der Waals surface area contributed by atoms with E-state index < -0.39 is 47.2 Å². The first kappa shape index (κ1) is 32.8. The molecule has 0 radical (unpaired) electrons. The molecule has 0 unspecified atom stereocenters. The number of carbonyl (C=O) groups is 3. The van der Waals surface area contributed by atoms with Gasteiger partial charge in [0.15, 0.2) is 5.54 Å². The summed E-state index contributed by atoms with van der Waals surface area (Å²) in [7, 11) is 1.23. The van der Waals surface area contributed by atoms with E-state index in [1.165, 1.54) is 20.9 Å². The minimum Gasteiger partial charge on any atom is -0.479 e. The number of carboxylic acids is 1. The van der Waals surface area contributed by atoms with Gasteiger partial charge in [0, 0.05) is 13.5 Å². The monoisotopic (exact) mass is 557 g/mol. The van der Waals surface area contributed by atoms with E-state index in [-0.39, 0.29) is 18.4 Å². The molecule has 2 aromatic rings. The summed E-state index contributed by atoms with van der Waals surface area (Å²) in [5.74, 6) is -3.84. The molecule has 2 aromatic carbocycles. The standard InChI is InChI=1S/C32H44FNO6/c1-29(2,3)24-17-15-22(16-18-24)19-25(26(35)39-20-23-13-11-10-12-14-23)32(27(36)37,21-31(7,8)33)34(9)28(38)40-30(4,5)6/h10-18,25H,19-21H2,1-9H3,(H,36,37)/t25-,32-/m0/s1. The van der Waals surface area contributed by atoms with Crippen molar-refractivity contribution >= 4 is 18.0 Å². The van der Waals surface area contributed by atoms with Crippen molar-refractivity contribution in [1.82, 2.24) is 4.90 Å². The molecule has 8 heteroatoms. The zero-order valence-electron chi connectivity index (χ0n) is 25.2. The molecule has 0 spiro atoms. The van der Waals surface area contributed by atoms with Gasteiger partial charge in [-0.05, 0) is 63.1 Å². The lowest BCUT2D eigenvalue weighted by molar-refractivity contribution is -0.171. The molecular weight excluding hydrogens is 513 g/mol. The van der Waals surface area contributed by atoms with Gasteiger partial charge in [-0.1, -0.05) is 75.4 Å². The molecule has 220 valence electrons. The number of esters is 1. The number of rotatable bonds is 10. The predicted octanol–water partition coefficient (Wildman–Crippen LogP) is 6.71. The number of carbonyl (C=O) groups excluding carboxylic acids is 2. The van der Waals surface area contributed by atoms with Gasteiger partial charge in [0.2, 0.25) is 0 Å². The van der Waals surface area contributed by atoms with Crippen LogP contribution in [0.25, 0.3) is 0 Å². The van der Waals surface area contributed by atoms with E-state index in [0.29, 0.717) is 11.1 Å². The topological polar surface area (TPSA) is 93.1 Å². The lowest BCUT2D eigenvalue weighted by Crippen LogP contribution is -2.65. The Labute approximate surface area is 237 Å². The number of amides is 1. The number of nitrogens with zero attached hydrogens (tertiary/aromatic N) is 1. The molecule has 2 rings (SSSR count). The van der Waals surface area contributed by atoms with Crippen LogP contribution in [0, 0.1) is 5.92 Å². The molecule has 0 heterocycles. The first-order chi connectivity index (χ1) is 18.3. The summed E-state index contributed by atoms with van der Waals surface area (Å²) in [6, 6.07) is 16.4. The van der Waals surface area contributed by atoms with E-state index in [2.05, 4.69) is 20.8 Å². The highest BCUT2D eigenvalue weighted by Crippen LogP contribution is 2.39. The number of hydrogen-bond donors (Lipinski definition) is 1. The van der Waals surface area contributed by atoms with Crippen LogP contribution in [-0.4, -0.2) is 51.9 Å². The Morgan fingerprint density at radius 2 is 1.43 bits per heavy atom. The number of hydrogen-bond acceptors (Lipinski definition) is 5. The van der Waals surface area contributed by atoms with Gasteiger partial charge >= 0.3 is 18.0 Å². The summed E-state index contributed by atoms with van der Waals surface area (Å²) in [5.41, 5.74) is -3.05. The molecule has 0 saturated carbocycles. The first-order valence-electron chi connectivity index (χ1n) is 13.5. The predicted molar refractivity (Wildman–Crippen MR) is 153 cm³/mol. The SMILES string of the molecule is CN(C(=O)OC(C)(C)C)[C@](CC(C)(C)F)(C(=O)O)[C@@H](Cc1ccc(C(C)(C)C)cc1)C(=O)OCc1ccccc1. The fraction of sp³-hybridized carbons (Fsp3) is 0.531. The zero-order valence-corrected chi connectivity index (χ0v) is 25.2. The highest BCUT2D eigenvalue weighted by molar-refractivity contribution is 5.91.